The van der Waals surface area contributed by atoms with Crippen LogP contribution in [0.15, 0.2) is 0 Å². The summed E-state index contributed by atoms with van der Waals surface area (Å²) < 4.78 is 0. The molecule has 0 heterocycles. The lowest BCUT2D eigenvalue weighted by molar-refractivity contribution is -0.140. The van der Waals surface area contributed by atoms with Crippen LogP contribution in [0.3, 0.4) is 0 Å². The van der Waals surface area contributed by atoms with Crippen LogP contribution in [0.1, 0.15) is 45.4 Å². The van der Waals surface area contributed by atoms with Crippen molar-refractivity contribution >= 4 is 11.9 Å². The van der Waals surface area contributed by atoms with Gasteiger partial charge in [-0.15, -0.1) is 0 Å². The third-order valence-corrected chi connectivity index (χ3v) is 4.21. The summed E-state index contributed by atoms with van der Waals surface area (Å²) in [6.45, 7) is 2.21. The highest BCUT2D eigenvalue weighted by atomic mass is 16.4. The highest BCUT2D eigenvalue weighted by Gasteiger charge is 2.48. The Hall–Kier alpha value is -1.06. The Kier molecular flexibility index (Phi) is 3.69. The van der Waals surface area contributed by atoms with Crippen molar-refractivity contribution in [3.8, 4) is 0 Å². The van der Waals surface area contributed by atoms with Crippen LogP contribution in [-0.4, -0.2) is 23.0 Å². The van der Waals surface area contributed by atoms with Gasteiger partial charge in [-0.1, -0.05) is 13.3 Å². The van der Waals surface area contributed by atoms with Gasteiger partial charge in [-0.05, 0) is 38.0 Å². The summed E-state index contributed by atoms with van der Waals surface area (Å²) in [4.78, 5) is 22.4. The van der Waals surface area contributed by atoms with E-state index >= 15 is 0 Å². The SMILES string of the molecule is CCC1CCC(NC(=O)[C@@H]2C[C@H]2C(=O)O)CC1. The van der Waals surface area contributed by atoms with Crippen molar-refractivity contribution in [1.82, 2.24) is 5.32 Å². The predicted octanol–water partition coefficient (Wildman–Crippen LogP) is 1.79. The highest BCUT2D eigenvalue weighted by molar-refractivity contribution is 5.89. The smallest absolute Gasteiger partial charge is 0.307 e. The third-order valence-electron chi connectivity index (χ3n) is 4.21. The summed E-state index contributed by atoms with van der Waals surface area (Å²) in [5.74, 6) is -0.758. The monoisotopic (exact) mass is 239 g/mol. The second-order valence-electron chi connectivity index (χ2n) is 5.42. The molecule has 2 aliphatic carbocycles. The van der Waals surface area contributed by atoms with Crippen LogP contribution in [0.25, 0.3) is 0 Å². The number of aliphatic carboxylic acids is 1. The first-order valence-corrected chi connectivity index (χ1v) is 6.65. The first-order valence-electron chi connectivity index (χ1n) is 6.65. The molecule has 0 bridgehead atoms. The van der Waals surface area contributed by atoms with Crippen molar-refractivity contribution in [3.63, 3.8) is 0 Å². The average Bonchev–Trinajstić information content (AvgIpc) is 3.10. The van der Waals surface area contributed by atoms with Crippen molar-refractivity contribution in [3.05, 3.63) is 0 Å². The number of amides is 1. The summed E-state index contributed by atoms with van der Waals surface area (Å²) in [6, 6.07) is 0.278. The molecule has 1 amide bonds. The summed E-state index contributed by atoms with van der Waals surface area (Å²) >= 11 is 0. The van der Waals surface area contributed by atoms with E-state index in [1.807, 2.05) is 0 Å². The van der Waals surface area contributed by atoms with E-state index in [-0.39, 0.29) is 17.9 Å². The minimum absolute atomic E-state index is 0.0441. The summed E-state index contributed by atoms with van der Waals surface area (Å²) in [7, 11) is 0. The molecule has 2 rings (SSSR count). The number of nitrogens with one attached hydrogen (secondary N) is 1. The predicted molar refractivity (Wildman–Crippen MR) is 63.4 cm³/mol. The fraction of sp³-hybridized carbons (Fsp3) is 0.846. The van der Waals surface area contributed by atoms with Crippen LogP contribution in [0, 0.1) is 17.8 Å². The van der Waals surface area contributed by atoms with Crippen molar-refractivity contribution < 1.29 is 14.7 Å². The number of hydrogen-bond acceptors (Lipinski definition) is 2. The number of hydrogen-bond donors (Lipinski definition) is 2. The van der Waals surface area contributed by atoms with Gasteiger partial charge in [0.15, 0.2) is 0 Å². The molecule has 0 aromatic heterocycles. The Morgan fingerprint density at radius 1 is 1.18 bits per heavy atom. The van der Waals surface area contributed by atoms with Crippen LogP contribution in [-0.2, 0) is 9.59 Å². The normalized spacial score (nSPS) is 36.3. The highest BCUT2D eigenvalue weighted by Crippen LogP contribution is 2.39. The maximum atomic E-state index is 11.8. The van der Waals surface area contributed by atoms with Gasteiger partial charge in [-0.2, -0.15) is 0 Å². The molecule has 2 N–H and O–H groups in total. The van der Waals surface area contributed by atoms with Crippen molar-refractivity contribution in [2.24, 2.45) is 17.8 Å². The van der Waals surface area contributed by atoms with E-state index in [1.165, 1.54) is 19.3 Å². The molecular weight excluding hydrogens is 218 g/mol. The summed E-state index contributed by atoms with van der Waals surface area (Å²) in [5.41, 5.74) is 0. The molecule has 17 heavy (non-hydrogen) atoms. The van der Waals surface area contributed by atoms with E-state index in [1.54, 1.807) is 0 Å². The molecule has 0 aromatic rings. The minimum Gasteiger partial charge on any atom is -0.481 e. The fourth-order valence-electron chi connectivity index (χ4n) is 2.78. The van der Waals surface area contributed by atoms with E-state index in [0.717, 1.165) is 18.8 Å². The van der Waals surface area contributed by atoms with Crippen LogP contribution < -0.4 is 5.32 Å². The van der Waals surface area contributed by atoms with Gasteiger partial charge >= 0.3 is 5.97 Å². The standard InChI is InChI=1S/C13H21NO3/c1-2-8-3-5-9(6-4-8)14-12(15)10-7-11(10)13(16)17/h8-11H,2-7H2,1H3,(H,14,15)(H,16,17)/t8?,9?,10-,11-/m1/s1. The van der Waals surface area contributed by atoms with Gasteiger partial charge in [0, 0.05) is 6.04 Å². The lowest BCUT2D eigenvalue weighted by Crippen LogP contribution is -2.38. The quantitative estimate of drug-likeness (QED) is 0.786. The van der Waals surface area contributed by atoms with Crippen LogP contribution in [0.4, 0.5) is 0 Å². The Balaban J connectivity index is 1.72. The van der Waals surface area contributed by atoms with E-state index in [2.05, 4.69) is 12.2 Å². The molecule has 0 aromatic carbocycles. The topological polar surface area (TPSA) is 66.4 Å². The maximum Gasteiger partial charge on any atom is 0.307 e. The number of carboxylic acids is 1. The second kappa shape index (κ2) is 5.07. The minimum atomic E-state index is -0.833. The van der Waals surface area contributed by atoms with Gasteiger partial charge in [0.25, 0.3) is 0 Å². The van der Waals surface area contributed by atoms with Crippen molar-refractivity contribution in [1.29, 1.82) is 0 Å². The molecule has 2 fully saturated rings. The zero-order valence-corrected chi connectivity index (χ0v) is 10.3. The molecule has 2 atom stereocenters. The van der Waals surface area contributed by atoms with Gasteiger partial charge < -0.3 is 10.4 Å². The number of carbonyl (C=O) groups is 2. The van der Waals surface area contributed by atoms with E-state index < -0.39 is 11.9 Å². The third kappa shape index (κ3) is 2.99. The van der Waals surface area contributed by atoms with Gasteiger partial charge in [-0.25, -0.2) is 0 Å². The van der Waals surface area contributed by atoms with Gasteiger partial charge in [0.2, 0.25) is 5.91 Å². The first-order chi connectivity index (χ1) is 8.11. The average molecular weight is 239 g/mol. The Bertz CT molecular complexity index is 308. The number of carboxylic acid groups (broad SMARTS) is 1. The molecule has 0 radical (unpaired) electrons. The number of rotatable bonds is 4. The molecule has 0 spiro atoms. The van der Waals surface area contributed by atoms with E-state index in [9.17, 15) is 9.59 Å². The van der Waals surface area contributed by atoms with Crippen LogP contribution >= 0.6 is 0 Å². The second-order valence-corrected chi connectivity index (χ2v) is 5.42. The van der Waals surface area contributed by atoms with E-state index in [4.69, 9.17) is 5.11 Å². The Morgan fingerprint density at radius 2 is 1.82 bits per heavy atom. The molecule has 2 saturated carbocycles. The van der Waals surface area contributed by atoms with Crippen LogP contribution in [0.2, 0.25) is 0 Å². The summed E-state index contributed by atoms with van der Waals surface area (Å²) in [5, 5.41) is 11.8. The zero-order valence-electron chi connectivity index (χ0n) is 10.3. The molecule has 96 valence electrons. The van der Waals surface area contributed by atoms with Crippen molar-refractivity contribution in [2.45, 2.75) is 51.5 Å². The molecule has 0 aliphatic heterocycles. The van der Waals surface area contributed by atoms with Gasteiger partial charge in [0.05, 0.1) is 11.8 Å². The maximum absolute atomic E-state index is 11.8. The summed E-state index contributed by atoms with van der Waals surface area (Å²) in [6.07, 6.45) is 6.22. The molecule has 4 heteroatoms. The Morgan fingerprint density at radius 3 is 2.29 bits per heavy atom. The molecule has 0 unspecified atom stereocenters. The van der Waals surface area contributed by atoms with Gasteiger partial charge in [0.1, 0.15) is 0 Å². The largest absolute Gasteiger partial charge is 0.481 e. The first kappa shape index (κ1) is 12.4. The van der Waals surface area contributed by atoms with E-state index in [0.29, 0.717) is 6.42 Å². The molecule has 4 nitrogen and oxygen atoms in total. The van der Waals surface area contributed by atoms with Crippen LogP contribution in [0.5, 0.6) is 0 Å². The zero-order chi connectivity index (χ0) is 12.4. The Labute approximate surface area is 102 Å². The number of carbonyl (C=O) groups excluding carboxylic acids is 1. The van der Waals surface area contributed by atoms with Crippen molar-refractivity contribution in [2.75, 3.05) is 0 Å². The lowest BCUT2D eigenvalue weighted by Gasteiger charge is -2.28. The molecule has 0 saturated heterocycles. The molecule has 2 aliphatic rings. The lowest BCUT2D eigenvalue weighted by atomic mass is 9.84. The van der Waals surface area contributed by atoms with Gasteiger partial charge in [-0.3, -0.25) is 9.59 Å². The molecular formula is C13H21NO3. The fourth-order valence-corrected chi connectivity index (χ4v) is 2.78.